The minimum absolute atomic E-state index is 0.534. The van der Waals surface area contributed by atoms with Crippen LogP contribution in [0.25, 0.3) is 0 Å². The molecule has 0 bridgehead atoms. The summed E-state index contributed by atoms with van der Waals surface area (Å²) in [6, 6.07) is 8.43. The van der Waals surface area contributed by atoms with Crippen LogP contribution in [0.3, 0.4) is 0 Å². The highest BCUT2D eigenvalue weighted by Gasteiger charge is 2.00. The van der Waals surface area contributed by atoms with Crippen LogP contribution >= 0.6 is 0 Å². The van der Waals surface area contributed by atoms with E-state index in [-0.39, 0.29) is 0 Å². The molecule has 1 aromatic carbocycles. The predicted molar refractivity (Wildman–Crippen MR) is 74.5 cm³/mol. The average molecular weight is 232 g/mol. The first-order valence-electron chi connectivity index (χ1n) is 6.60. The van der Waals surface area contributed by atoms with Crippen molar-refractivity contribution in [2.24, 2.45) is 5.92 Å². The van der Waals surface area contributed by atoms with Crippen LogP contribution in [0.5, 0.6) is 5.75 Å². The first-order valence-corrected chi connectivity index (χ1v) is 6.60. The Balaban J connectivity index is 2.36. The summed E-state index contributed by atoms with van der Waals surface area (Å²) in [5, 5.41) is 0. The average Bonchev–Trinajstić information content (AvgIpc) is 2.36. The van der Waals surface area contributed by atoms with Gasteiger partial charge in [0.25, 0.3) is 0 Å². The summed E-state index contributed by atoms with van der Waals surface area (Å²) < 4.78 is 5.67. The Kier molecular flexibility index (Phi) is 6.46. The molecule has 1 aromatic rings. The molecule has 1 unspecified atom stereocenters. The van der Waals surface area contributed by atoms with Crippen LogP contribution in [0.1, 0.15) is 38.7 Å². The summed E-state index contributed by atoms with van der Waals surface area (Å²) in [6.07, 6.45) is 6.68. The first kappa shape index (κ1) is 13.8. The summed E-state index contributed by atoms with van der Waals surface area (Å²) in [7, 11) is 0. The van der Waals surface area contributed by atoms with Crippen LogP contribution in [-0.2, 0) is 6.42 Å². The zero-order chi connectivity index (χ0) is 12.5. The lowest BCUT2D eigenvalue weighted by molar-refractivity contribution is 0.306. The number of benzene rings is 1. The summed E-state index contributed by atoms with van der Waals surface area (Å²) in [5.41, 5.74) is 1.35. The van der Waals surface area contributed by atoms with Gasteiger partial charge >= 0.3 is 0 Å². The molecule has 0 fully saturated rings. The van der Waals surface area contributed by atoms with Gasteiger partial charge in [-0.3, -0.25) is 0 Å². The van der Waals surface area contributed by atoms with Gasteiger partial charge in [-0.2, -0.15) is 0 Å². The van der Waals surface area contributed by atoms with Gasteiger partial charge in [0.2, 0.25) is 0 Å². The van der Waals surface area contributed by atoms with Gasteiger partial charge in [0, 0.05) is 0 Å². The molecular weight excluding hydrogens is 208 g/mol. The van der Waals surface area contributed by atoms with E-state index < -0.39 is 0 Å². The van der Waals surface area contributed by atoms with Crippen molar-refractivity contribution in [2.45, 2.75) is 39.5 Å². The molecule has 0 N–H and O–H groups in total. The molecule has 0 aromatic heterocycles. The van der Waals surface area contributed by atoms with Crippen molar-refractivity contribution in [3.05, 3.63) is 42.5 Å². The number of allylic oxidation sites excluding steroid dienone is 1. The molecule has 0 saturated heterocycles. The molecule has 1 rings (SSSR count). The molecule has 0 aliphatic heterocycles. The Labute approximate surface area is 106 Å². The Morgan fingerprint density at radius 2 is 1.94 bits per heavy atom. The molecular formula is C16H24O. The van der Waals surface area contributed by atoms with Crippen LogP contribution in [0.4, 0.5) is 0 Å². The van der Waals surface area contributed by atoms with E-state index >= 15 is 0 Å². The lowest BCUT2D eigenvalue weighted by Gasteiger charge is -2.08. The number of unbranched alkanes of at least 4 members (excludes halogenated alkanes) is 2. The van der Waals surface area contributed by atoms with Gasteiger partial charge in [-0.25, -0.2) is 0 Å². The smallest absolute Gasteiger partial charge is 0.119 e. The molecule has 0 radical (unpaired) electrons. The van der Waals surface area contributed by atoms with E-state index in [1.54, 1.807) is 0 Å². The third-order valence-corrected chi connectivity index (χ3v) is 2.90. The molecule has 1 nitrogen and oxygen atoms in total. The molecule has 0 amide bonds. The lowest BCUT2D eigenvalue weighted by Crippen LogP contribution is -1.98. The van der Waals surface area contributed by atoms with Crippen molar-refractivity contribution >= 4 is 0 Å². The third kappa shape index (κ3) is 5.58. The molecule has 0 spiro atoms. The quantitative estimate of drug-likeness (QED) is 0.469. The van der Waals surface area contributed by atoms with E-state index in [1.807, 2.05) is 6.08 Å². The zero-order valence-electron chi connectivity index (χ0n) is 11.1. The Morgan fingerprint density at radius 1 is 1.24 bits per heavy atom. The third-order valence-electron chi connectivity index (χ3n) is 2.90. The van der Waals surface area contributed by atoms with E-state index in [2.05, 4.69) is 44.7 Å². The van der Waals surface area contributed by atoms with E-state index in [9.17, 15) is 0 Å². The summed E-state index contributed by atoms with van der Waals surface area (Å²) >= 11 is 0. The van der Waals surface area contributed by atoms with E-state index in [4.69, 9.17) is 4.74 Å². The van der Waals surface area contributed by atoms with Crippen LogP contribution in [-0.4, -0.2) is 6.61 Å². The van der Waals surface area contributed by atoms with Crippen LogP contribution in [0, 0.1) is 5.92 Å². The molecule has 0 aliphatic carbocycles. The van der Waals surface area contributed by atoms with E-state index in [1.165, 1.54) is 18.4 Å². The Bertz CT molecular complexity index is 313. The van der Waals surface area contributed by atoms with Gasteiger partial charge in [0.1, 0.15) is 5.75 Å². The van der Waals surface area contributed by atoms with Crippen LogP contribution in [0.2, 0.25) is 0 Å². The second-order valence-corrected chi connectivity index (χ2v) is 4.62. The standard InChI is InChI=1S/C16H24O/c1-4-6-7-12-17-16-10-8-15(9-11-16)13-14(3)5-2/h5,8-11,14H,2,4,6-7,12-13H2,1,3H3. The summed E-state index contributed by atoms with van der Waals surface area (Å²) in [5.74, 6) is 1.52. The fourth-order valence-corrected chi connectivity index (χ4v) is 1.72. The summed E-state index contributed by atoms with van der Waals surface area (Å²) in [6.45, 7) is 9.02. The highest BCUT2D eigenvalue weighted by molar-refractivity contribution is 5.27. The highest BCUT2D eigenvalue weighted by atomic mass is 16.5. The molecule has 94 valence electrons. The SMILES string of the molecule is C=CC(C)Cc1ccc(OCCCCC)cc1. The molecule has 1 heteroatoms. The zero-order valence-corrected chi connectivity index (χ0v) is 11.1. The van der Waals surface area contributed by atoms with Gasteiger partial charge < -0.3 is 4.74 Å². The maximum absolute atomic E-state index is 5.67. The highest BCUT2D eigenvalue weighted by Crippen LogP contribution is 2.15. The summed E-state index contributed by atoms with van der Waals surface area (Å²) in [4.78, 5) is 0. The largest absolute Gasteiger partial charge is 0.494 e. The van der Waals surface area contributed by atoms with Gasteiger partial charge in [-0.15, -0.1) is 6.58 Å². The van der Waals surface area contributed by atoms with Crippen molar-refractivity contribution in [1.82, 2.24) is 0 Å². The monoisotopic (exact) mass is 232 g/mol. The van der Waals surface area contributed by atoms with Crippen LogP contribution < -0.4 is 4.74 Å². The maximum Gasteiger partial charge on any atom is 0.119 e. The fourth-order valence-electron chi connectivity index (χ4n) is 1.72. The molecule has 0 heterocycles. The van der Waals surface area contributed by atoms with Gasteiger partial charge in [0.05, 0.1) is 6.61 Å². The number of hydrogen-bond acceptors (Lipinski definition) is 1. The second kappa shape index (κ2) is 7.94. The maximum atomic E-state index is 5.67. The van der Waals surface area contributed by atoms with Crippen molar-refractivity contribution in [1.29, 1.82) is 0 Å². The first-order chi connectivity index (χ1) is 8.26. The Hall–Kier alpha value is -1.24. The Morgan fingerprint density at radius 3 is 2.53 bits per heavy atom. The van der Waals surface area contributed by atoms with Crippen molar-refractivity contribution < 1.29 is 4.74 Å². The predicted octanol–water partition coefficient (Wildman–Crippen LogP) is 4.62. The molecule has 1 atom stereocenters. The van der Waals surface area contributed by atoms with Crippen LogP contribution in [0.15, 0.2) is 36.9 Å². The van der Waals surface area contributed by atoms with E-state index in [0.717, 1.165) is 25.2 Å². The normalized spacial score (nSPS) is 12.1. The molecule has 17 heavy (non-hydrogen) atoms. The minimum atomic E-state index is 0.534. The topological polar surface area (TPSA) is 9.23 Å². The van der Waals surface area contributed by atoms with Crippen molar-refractivity contribution in [3.63, 3.8) is 0 Å². The van der Waals surface area contributed by atoms with E-state index in [0.29, 0.717) is 5.92 Å². The van der Waals surface area contributed by atoms with Gasteiger partial charge in [-0.1, -0.05) is 44.9 Å². The lowest BCUT2D eigenvalue weighted by atomic mass is 10.0. The van der Waals surface area contributed by atoms with Crippen molar-refractivity contribution in [3.8, 4) is 5.75 Å². The number of ether oxygens (including phenoxy) is 1. The van der Waals surface area contributed by atoms with Crippen molar-refractivity contribution in [2.75, 3.05) is 6.61 Å². The molecule has 0 saturated carbocycles. The molecule has 0 aliphatic rings. The minimum Gasteiger partial charge on any atom is -0.494 e. The second-order valence-electron chi connectivity index (χ2n) is 4.62. The fraction of sp³-hybridized carbons (Fsp3) is 0.500. The number of rotatable bonds is 8. The van der Waals surface area contributed by atoms with Gasteiger partial charge in [0.15, 0.2) is 0 Å². The number of hydrogen-bond donors (Lipinski definition) is 0. The van der Waals surface area contributed by atoms with Gasteiger partial charge in [-0.05, 0) is 36.5 Å².